The van der Waals surface area contributed by atoms with Crippen molar-refractivity contribution in [1.82, 2.24) is 0 Å². The molecule has 0 unspecified atom stereocenters. The summed E-state index contributed by atoms with van der Waals surface area (Å²) in [5.74, 6) is -1.72. The number of hydrogen-bond acceptors (Lipinski definition) is 3. The molecule has 0 saturated carbocycles. The van der Waals surface area contributed by atoms with Crippen LogP contribution in [0.2, 0.25) is 0 Å². The lowest BCUT2D eigenvalue weighted by molar-refractivity contribution is -0.136. The van der Waals surface area contributed by atoms with Crippen LogP contribution in [-0.4, -0.2) is 22.9 Å². The average Bonchev–Trinajstić information content (AvgIpc) is 2.70. The van der Waals surface area contributed by atoms with E-state index in [0.717, 1.165) is 10.5 Å². The van der Waals surface area contributed by atoms with Gasteiger partial charge in [0.1, 0.15) is 0 Å². The Labute approximate surface area is 126 Å². The molecule has 2 aromatic carbocycles. The SMILES string of the molecule is Cc1cc(CC(=O)O)cc(N2C(=O)c3ccccc3C2=O)c1. The minimum Gasteiger partial charge on any atom is -0.481 e. The van der Waals surface area contributed by atoms with Crippen LogP contribution in [0.1, 0.15) is 31.8 Å². The summed E-state index contributed by atoms with van der Waals surface area (Å²) in [5, 5.41) is 8.91. The number of carboxylic acid groups (broad SMARTS) is 1. The van der Waals surface area contributed by atoms with Gasteiger partial charge in [0.2, 0.25) is 0 Å². The lowest BCUT2D eigenvalue weighted by atomic mass is 10.1. The fourth-order valence-electron chi connectivity index (χ4n) is 2.67. The van der Waals surface area contributed by atoms with E-state index in [2.05, 4.69) is 0 Å². The van der Waals surface area contributed by atoms with E-state index in [-0.39, 0.29) is 18.2 Å². The normalized spacial score (nSPS) is 13.4. The van der Waals surface area contributed by atoms with Gasteiger partial charge in [-0.05, 0) is 42.3 Å². The summed E-state index contributed by atoms with van der Waals surface area (Å²) >= 11 is 0. The lowest BCUT2D eigenvalue weighted by Crippen LogP contribution is -2.29. The molecule has 110 valence electrons. The van der Waals surface area contributed by atoms with E-state index in [9.17, 15) is 14.4 Å². The predicted octanol–water partition coefficient (Wildman–Crippen LogP) is 2.42. The minimum atomic E-state index is -0.959. The maximum atomic E-state index is 12.4. The van der Waals surface area contributed by atoms with Crippen molar-refractivity contribution in [3.05, 3.63) is 64.7 Å². The van der Waals surface area contributed by atoms with Crippen molar-refractivity contribution < 1.29 is 19.5 Å². The molecule has 0 spiro atoms. The highest BCUT2D eigenvalue weighted by atomic mass is 16.4. The first-order valence-corrected chi connectivity index (χ1v) is 6.77. The number of carboxylic acids is 1. The van der Waals surface area contributed by atoms with Crippen LogP contribution in [-0.2, 0) is 11.2 Å². The van der Waals surface area contributed by atoms with E-state index < -0.39 is 5.97 Å². The van der Waals surface area contributed by atoms with Crippen molar-refractivity contribution in [2.24, 2.45) is 0 Å². The molecule has 0 aromatic heterocycles. The number of aliphatic carboxylic acids is 1. The van der Waals surface area contributed by atoms with E-state index in [1.807, 2.05) is 0 Å². The zero-order chi connectivity index (χ0) is 15.9. The van der Waals surface area contributed by atoms with Gasteiger partial charge in [-0.2, -0.15) is 0 Å². The second-order valence-electron chi connectivity index (χ2n) is 5.24. The van der Waals surface area contributed by atoms with Gasteiger partial charge in [0, 0.05) is 0 Å². The lowest BCUT2D eigenvalue weighted by Gasteiger charge is -2.16. The van der Waals surface area contributed by atoms with Crippen molar-refractivity contribution in [1.29, 1.82) is 0 Å². The fraction of sp³-hybridized carbons (Fsp3) is 0.118. The molecule has 0 atom stereocenters. The molecule has 0 aliphatic carbocycles. The van der Waals surface area contributed by atoms with Gasteiger partial charge in [0.25, 0.3) is 11.8 Å². The number of rotatable bonds is 3. The number of amides is 2. The maximum absolute atomic E-state index is 12.4. The zero-order valence-electron chi connectivity index (χ0n) is 11.9. The number of nitrogens with zero attached hydrogens (tertiary/aromatic N) is 1. The van der Waals surface area contributed by atoms with E-state index in [4.69, 9.17) is 5.11 Å². The molecule has 1 N–H and O–H groups in total. The third-order valence-electron chi connectivity index (χ3n) is 3.53. The molecule has 1 aliphatic heterocycles. The number of fused-ring (bicyclic) bond motifs is 1. The molecule has 0 saturated heterocycles. The zero-order valence-corrected chi connectivity index (χ0v) is 11.9. The quantitative estimate of drug-likeness (QED) is 0.882. The monoisotopic (exact) mass is 295 g/mol. The van der Waals surface area contributed by atoms with Gasteiger partial charge < -0.3 is 5.11 Å². The topological polar surface area (TPSA) is 74.7 Å². The molecule has 0 radical (unpaired) electrons. The molecule has 0 fully saturated rings. The Morgan fingerprint density at radius 1 is 1.05 bits per heavy atom. The Kier molecular flexibility index (Phi) is 3.25. The number of hydrogen-bond donors (Lipinski definition) is 1. The van der Waals surface area contributed by atoms with E-state index in [1.165, 1.54) is 0 Å². The summed E-state index contributed by atoms with van der Waals surface area (Å²) in [5.41, 5.74) is 2.49. The highest BCUT2D eigenvalue weighted by Crippen LogP contribution is 2.29. The van der Waals surface area contributed by atoms with Gasteiger partial charge in [0.05, 0.1) is 23.2 Å². The van der Waals surface area contributed by atoms with E-state index >= 15 is 0 Å². The van der Waals surface area contributed by atoms with Gasteiger partial charge in [-0.15, -0.1) is 0 Å². The third-order valence-corrected chi connectivity index (χ3v) is 3.53. The van der Waals surface area contributed by atoms with Crippen LogP contribution in [0.4, 0.5) is 5.69 Å². The first kappa shape index (κ1) is 14.0. The first-order chi connectivity index (χ1) is 10.5. The second kappa shape index (κ2) is 5.11. The maximum Gasteiger partial charge on any atom is 0.307 e. The summed E-state index contributed by atoms with van der Waals surface area (Å²) in [4.78, 5) is 36.9. The standard InChI is InChI=1S/C17H13NO4/c1-10-6-11(9-15(19)20)8-12(7-10)18-16(21)13-4-2-3-5-14(13)17(18)22/h2-8H,9H2,1H3,(H,19,20). The average molecular weight is 295 g/mol. The van der Waals surface area contributed by atoms with Crippen LogP contribution in [0, 0.1) is 6.92 Å². The molecule has 22 heavy (non-hydrogen) atoms. The van der Waals surface area contributed by atoms with Crippen molar-refractivity contribution in [2.75, 3.05) is 4.90 Å². The van der Waals surface area contributed by atoms with Crippen LogP contribution >= 0.6 is 0 Å². The molecule has 2 aromatic rings. The fourth-order valence-corrected chi connectivity index (χ4v) is 2.67. The number of imide groups is 1. The summed E-state index contributed by atoms with van der Waals surface area (Å²) < 4.78 is 0. The van der Waals surface area contributed by atoms with Crippen molar-refractivity contribution in [2.45, 2.75) is 13.3 Å². The van der Waals surface area contributed by atoms with Crippen LogP contribution < -0.4 is 4.90 Å². The van der Waals surface area contributed by atoms with Crippen LogP contribution in [0.15, 0.2) is 42.5 Å². The third kappa shape index (κ3) is 2.26. The van der Waals surface area contributed by atoms with Gasteiger partial charge in [-0.1, -0.05) is 18.2 Å². The smallest absolute Gasteiger partial charge is 0.307 e. The van der Waals surface area contributed by atoms with Gasteiger partial charge in [-0.3, -0.25) is 14.4 Å². The largest absolute Gasteiger partial charge is 0.481 e. The van der Waals surface area contributed by atoms with Gasteiger partial charge >= 0.3 is 5.97 Å². The predicted molar refractivity (Wildman–Crippen MR) is 80.1 cm³/mol. The summed E-state index contributed by atoms with van der Waals surface area (Å²) in [6, 6.07) is 11.7. The number of carbonyl (C=O) groups is 3. The van der Waals surface area contributed by atoms with Crippen molar-refractivity contribution in [3.8, 4) is 0 Å². The summed E-state index contributed by atoms with van der Waals surface area (Å²) in [7, 11) is 0. The molecular weight excluding hydrogens is 282 g/mol. The molecule has 2 amide bonds. The first-order valence-electron chi connectivity index (χ1n) is 6.77. The van der Waals surface area contributed by atoms with Gasteiger partial charge in [0.15, 0.2) is 0 Å². The van der Waals surface area contributed by atoms with Crippen LogP contribution in [0.3, 0.4) is 0 Å². The Morgan fingerprint density at radius 3 is 2.18 bits per heavy atom. The van der Waals surface area contributed by atoms with Crippen molar-refractivity contribution >= 4 is 23.5 Å². The summed E-state index contributed by atoms with van der Waals surface area (Å²) in [6.07, 6.45) is -0.155. The highest BCUT2D eigenvalue weighted by molar-refractivity contribution is 6.34. The second-order valence-corrected chi connectivity index (χ2v) is 5.24. The number of aryl methyl sites for hydroxylation is 1. The molecule has 1 heterocycles. The molecule has 5 heteroatoms. The van der Waals surface area contributed by atoms with Crippen LogP contribution in [0.5, 0.6) is 0 Å². The number of anilines is 1. The molecule has 5 nitrogen and oxygen atoms in total. The molecule has 0 bridgehead atoms. The number of benzene rings is 2. The van der Waals surface area contributed by atoms with Crippen molar-refractivity contribution in [3.63, 3.8) is 0 Å². The van der Waals surface area contributed by atoms with Gasteiger partial charge in [-0.25, -0.2) is 4.90 Å². The molecular formula is C17H13NO4. The highest BCUT2D eigenvalue weighted by Gasteiger charge is 2.36. The summed E-state index contributed by atoms with van der Waals surface area (Å²) in [6.45, 7) is 1.80. The Hall–Kier alpha value is -2.95. The molecule has 3 rings (SSSR count). The Balaban J connectivity index is 2.06. The van der Waals surface area contributed by atoms with E-state index in [1.54, 1.807) is 49.4 Å². The Morgan fingerprint density at radius 2 is 1.64 bits per heavy atom. The Bertz CT molecular complexity index is 775. The van der Waals surface area contributed by atoms with E-state index in [0.29, 0.717) is 22.4 Å². The van der Waals surface area contributed by atoms with Crippen LogP contribution in [0.25, 0.3) is 0 Å². The molecule has 1 aliphatic rings. The minimum absolute atomic E-state index is 0.155. The number of carbonyl (C=O) groups excluding carboxylic acids is 2.